The number of thiocarbonyl (C=S) groups is 1. The molecule has 0 bridgehead atoms. The van der Waals surface area contributed by atoms with Crippen molar-refractivity contribution in [3.8, 4) is 5.75 Å². The van der Waals surface area contributed by atoms with E-state index in [0.29, 0.717) is 0 Å². The van der Waals surface area contributed by atoms with Crippen LogP contribution in [0.25, 0.3) is 0 Å². The molecule has 0 saturated heterocycles. The third kappa shape index (κ3) is 4.18. The predicted molar refractivity (Wildman–Crippen MR) is 69.0 cm³/mol. The van der Waals surface area contributed by atoms with Crippen LogP contribution in [0.1, 0.15) is 13.8 Å². The van der Waals surface area contributed by atoms with Gasteiger partial charge in [0.2, 0.25) is 0 Å². The number of benzene rings is 1. The number of hydrogen-bond acceptors (Lipinski definition) is 2. The maximum absolute atomic E-state index is 12.0. The number of hydrogen-bond donors (Lipinski definition) is 0. The van der Waals surface area contributed by atoms with Gasteiger partial charge in [-0.2, -0.15) is 0 Å². The van der Waals surface area contributed by atoms with E-state index >= 15 is 0 Å². The summed E-state index contributed by atoms with van der Waals surface area (Å²) in [5, 5.41) is 0. The first-order chi connectivity index (χ1) is 8.20. The van der Waals surface area contributed by atoms with E-state index in [2.05, 4.69) is 4.74 Å². The summed E-state index contributed by atoms with van der Waals surface area (Å²) in [7, 11) is 1.78. The van der Waals surface area contributed by atoms with Crippen LogP contribution >= 0.6 is 12.2 Å². The van der Waals surface area contributed by atoms with Crippen molar-refractivity contribution in [2.24, 2.45) is 5.92 Å². The van der Waals surface area contributed by atoms with E-state index in [4.69, 9.17) is 12.2 Å². The highest BCUT2D eigenvalue weighted by Crippen LogP contribution is 2.25. The maximum Gasteiger partial charge on any atom is 0.573 e. The largest absolute Gasteiger partial charge is 0.573 e. The molecular weight excluding hydrogens is 263 g/mol. The van der Waals surface area contributed by atoms with Crippen LogP contribution in [0, 0.1) is 5.92 Å². The lowest BCUT2D eigenvalue weighted by Crippen LogP contribution is -2.28. The highest BCUT2D eigenvalue weighted by Gasteiger charge is 2.31. The average molecular weight is 277 g/mol. The molecule has 0 unspecified atom stereocenters. The van der Waals surface area contributed by atoms with Crippen LogP contribution in [0.3, 0.4) is 0 Å². The van der Waals surface area contributed by atoms with E-state index in [1.54, 1.807) is 11.9 Å². The SMILES string of the molecule is CC(C)C(=S)N(C)c1ccc(OC(F)(F)F)cc1. The second-order valence-corrected chi connectivity index (χ2v) is 4.51. The molecular formula is C12H14F3NOS. The lowest BCUT2D eigenvalue weighted by Gasteiger charge is -2.22. The Bertz CT molecular complexity index is 414. The smallest absolute Gasteiger partial charge is 0.406 e. The topological polar surface area (TPSA) is 12.5 Å². The van der Waals surface area contributed by atoms with E-state index in [9.17, 15) is 13.2 Å². The van der Waals surface area contributed by atoms with Gasteiger partial charge < -0.3 is 9.64 Å². The number of alkyl halides is 3. The van der Waals surface area contributed by atoms with Gasteiger partial charge in [0.1, 0.15) is 5.75 Å². The number of ether oxygens (including phenoxy) is 1. The second kappa shape index (κ2) is 5.56. The molecule has 0 heterocycles. The molecule has 6 heteroatoms. The molecule has 0 aliphatic heterocycles. The first-order valence-electron chi connectivity index (χ1n) is 5.34. The summed E-state index contributed by atoms with van der Waals surface area (Å²) in [4.78, 5) is 2.48. The van der Waals surface area contributed by atoms with E-state index in [0.717, 1.165) is 10.7 Å². The summed E-state index contributed by atoms with van der Waals surface area (Å²) in [5.41, 5.74) is 0.725. The van der Waals surface area contributed by atoms with Gasteiger partial charge in [-0.15, -0.1) is 13.2 Å². The molecule has 0 spiro atoms. The molecule has 18 heavy (non-hydrogen) atoms. The fourth-order valence-electron chi connectivity index (χ4n) is 1.39. The van der Waals surface area contributed by atoms with Crippen LogP contribution in [0.2, 0.25) is 0 Å². The standard InChI is InChI=1S/C12H14F3NOS/c1-8(2)11(18)16(3)9-4-6-10(7-5-9)17-12(13,14)15/h4-8H,1-3H3. The molecule has 0 N–H and O–H groups in total. The van der Waals surface area contributed by atoms with Gasteiger partial charge in [0.25, 0.3) is 0 Å². The normalized spacial score (nSPS) is 11.5. The van der Waals surface area contributed by atoms with E-state index < -0.39 is 6.36 Å². The first kappa shape index (κ1) is 14.8. The Balaban J connectivity index is 2.80. The van der Waals surface area contributed by atoms with Crippen molar-refractivity contribution in [2.45, 2.75) is 20.2 Å². The fourth-order valence-corrected chi connectivity index (χ4v) is 1.49. The minimum Gasteiger partial charge on any atom is -0.406 e. The van der Waals surface area contributed by atoms with Crippen molar-refractivity contribution >= 4 is 22.9 Å². The number of anilines is 1. The van der Waals surface area contributed by atoms with E-state index in [1.165, 1.54) is 24.3 Å². The van der Waals surface area contributed by atoms with Crippen molar-refractivity contribution < 1.29 is 17.9 Å². The molecule has 0 aromatic heterocycles. The zero-order chi connectivity index (χ0) is 13.9. The van der Waals surface area contributed by atoms with Crippen LogP contribution in [0.5, 0.6) is 5.75 Å². The van der Waals surface area contributed by atoms with Gasteiger partial charge in [-0.05, 0) is 24.3 Å². The summed E-state index contributed by atoms with van der Waals surface area (Å²) in [6.45, 7) is 3.92. The molecule has 1 aromatic carbocycles. The average Bonchev–Trinajstić information content (AvgIpc) is 2.26. The van der Waals surface area contributed by atoms with Gasteiger partial charge in [-0.1, -0.05) is 26.1 Å². The third-order valence-electron chi connectivity index (χ3n) is 2.28. The van der Waals surface area contributed by atoms with E-state index in [1.807, 2.05) is 13.8 Å². The minimum atomic E-state index is -4.67. The zero-order valence-electron chi connectivity index (χ0n) is 10.3. The molecule has 0 saturated carbocycles. The molecule has 0 atom stereocenters. The summed E-state index contributed by atoms with van der Waals surface area (Å²) in [6.07, 6.45) is -4.67. The van der Waals surface area contributed by atoms with Crippen LogP contribution in [-0.4, -0.2) is 18.4 Å². The van der Waals surface area contributed by atoms with Crippen LogP contribution < -0.4 is 9.64 Å². The Kier molecular flexibility index (Phi) is 4.56. The monoisotopic (exact) mass is 277 g/mol. The van der Waals surface area contributed by atoms with Crippen LogP contribution in [0.15, 0.2) is 24.3 Å². The van der Waals surface area contributed by atoms with Gasteiger partial charge in [-0.3, -0.25) is 0 Å². The molecule has 0 amide bonds. The molecule has 0 radical (unpaired) electrons. The van der Waals surface area contributed by atoms with Crippen LogP contribution in [-0.2, 0) is 0 Å². The molecule has 100 valence electrons. The minimum absolute atomic E-state index is 0.191. The number of halogens is 3. The van der Waals surface area contributed by atoms with Gasteiger partial charge >= 0.3 is 6.36 Å². The Morgan fingerprint density at radius 3 is 2.11 bits per heavy atom. The maximum atomic E-state index is 12.0. The Hall–Kier alpha value is -1.30. The molecule has 1 aromatic rings. The third-order valence-corrected chi connectivity index (χ3v) is 3.03. The van der Waals surface area contributed by atoms with Crippen molar-refractivity contribution in [3.05, 3.63) is 24.3 Å². The summed E-state index contributed by atoms with van der Waals surface area (Å²) in [6, 6.07) is 5.61. The van der Waals surface area contributed by atoms with Gasteiger partial charge in [0.05, 0.1) is 4.99 Å². The number of nitrogens with zero attached hydrogens (tertiary/aromatic N) is 1. The lowest BCUT2D eigenvalue weighted by molar-refractivity contribution is -0.274. The van der Waals surface area contributed by atoms with Crippen molar-refractivity contribution in [2.75, 3.05) is 11.9 Å². The quantitative estimate of drug-likeness (QED) is 0.775. The Morgan fingerprint density at radius 1 is 1.22 bits per heavy atom. The van der Waals surface area contributed by atoms with E-state index in [-0.39, 0.29) is 11.7 Å². The van der Waals surface area contributed by atoms with Crippen molar-refractivity contribution in [1.29, 1.82) is 0 Å². The number of rotatable bonds is 3. The summed E-state index contributed by atoms with van der Waals surface area (Å²) in [5.74, 6) is -0.0498. The van der Waals surface area contributed by atoms with Gasteiger partial charge in [0.15, 0.2) is 0 Å². The summed E-state index contributed by atoms with van der Waals surface area (Å²) < 4.78 is 39.7. The molecule has 2 nitrogen and oxygen atoms in total. The highest BCUT2D eigenvalue weighted by atomic mass is 32.1. The fraction of sp³-hybridized carbons (Fsp3) is 0.417. The lowest BCUT2D eigenvalue weighted by atomic mass is 10.2. The Labute approximate surface area is 109 Å². The molecule has 1 rings (SSSR count). The molecule has 0 aliphatic carbocycles. The second-order valence-electron chi connectivity index (χ2n) is 4.09. The molecule has 0 aliphatic rings. The van der Waals surface area contributed by atoms with Crippen molar-refractivity contribution in [1.82, 2.24) is 0 Å². The zero-order valence-corrected chi connectivity index (χ0v) is 11.1. The van der Waals surface area contributed by atoms with Gasteiger partial charge in [-0.25, -0.2) is 0 Å². The van der Waals surface area contributed by atoms with Gasteiger partial charge in [0, 0.05) is 18.7 Å². The predicted octanol–water partition coefficient (Wildman–Crippen LogP) is 4.00. The highest BCUT2D eigenvalue weighted by molar-refractivity contribution is 7.80. The summed E-state index contributed by atoms with van der Waals surface area (Å²) >= 11 is 5.22. The van der Waals surface area contributed by atoms with Crippen LogP contribution in [0.4, 0.5) is 18.9 Å². The molecule has 0 fully saturated rings. The first-order valence-corrected chi connectivity index (χ1v) is 5.75. The van der Waals surface area contributed by atoms with Crippen molar-refractivity contribution in [3.63, 3.8) is 0 Å². The Morgan fingerprint density at radius 2 is 1.72 bits per heavy atom.